The first-order chi connectivity index (χ1) is 7.02. The van der Waals surface area contributed by atoms with Crippen molar-refractivity contribution in [3.63, 3.8) is 0 Å². The number of nitrogens with zero attached hydrogens (tertiary/aromatic N) is 4. The molecule has 0 aliphatic heterocycles. The van der Waals surface area contributed by atoms with Crippen molar-refractivity contribution in [3.8, 4) is 0 Å². The Morgan fingerprint density at radius 2 is 2.20 bits per heavy atom. The molecular weight excluding hydrogens is 196 g/mol. The van der Waals surface area contributed by atoms with Gasteiger partial charge in [-0.3, -0.25) is 0 Å². The standard InChI is InChI=1S/C9H12N4O2/c1-5(2)13-8-6(10-11-13)4-7(9(14)15)12(8)3/h4-5H,1-3H3,(H,14,15). The maximum absolute atomic E-state index is 10.9. The average molecular weight is 208 g/mol. The Balaban J connectivity index is 2.74. The van der Waals surface area contributed by atoms with E-state index in [0.29, 0.717) is 5.52 Å². The van der Waals surface area contributed by atoms with Crippen molar-refractivity contribution >= 4 is 17.1 Å². The number of aromatic carboxylic acids is 1. The summed E-state index contributed by atoms with van der Waals surface area (Å²) in [4.78, 5) is 10.9. The van der Waals surface area contributed by atoms with Crippen molar-refractivity contribution in [2.45, 2.75) is 19.9 Å². The number of carbonyl (C=O) groups is 1. The largest absolute Gasteiger partial charge is 0.477 e. The Labute approximate surface area is 86.1 Å². The quantitative estimate of drug-likeness (QED) is 0.800. The minimum atomic E-state index is -0.953. The number of hydrogen-bond donors (Lipinski definition) is 1. The number of carboxylic acid groups (broad SMARTS) is 1. The highest BCUT2D eigenvalue weighted by Crippen LogP contribution is 2.19. The topological polar surface area (TPSA) is 72.9 Å². The molecule has 0 spiro atoms. The molecule has 6 nitrogen and oxygen atoms in total. The molecule has 0 bridgehead atoms. The molecule has 0 saturated heterocycles. The van der Waals surface area contributed by atoms with Gasteiger partial charge in [0.15, 0.2) is 5.65 Å². The van der Waals surface area contributed by atoms with Gasteiger partial charge in [-0.2, -0.15) is 0 Å². The molecule has 2 heterocycles. The zero-order valence-electron chi connectivity index (χ0n) is 8.80. The molecule has 0 fully saturated rings. The van der Waals surface area contributed by atoms with Crippen molar-refractivity contribution < 1.29 is 9.90 Å². The van der Waals surface area contributed by atoms with Gasteiger partial charge in [0.25, 0.3) is 0 Å². The van der Waals surface area contributed by atoms with Gasteiger partial charge in [0.1, 0.15) is 11.2 Å². The number of hydrogen-bond acceptors (Lipinski definition) is 3. The fourth-order valence-corrected chi connectivity index (χ4v) is 1.61. The minimum absolute atomic E-state index is 0.158. The van der Waals surface area contributed by atoms with E-state index >= 15 is 0 Å². The van der Waals surface area contributed by atoms with Crippen LogP contribution in [0, 0.1) is 0 Å². The number of rotatable bonds is 2. The molecule has 6 heteroatoms. The van der Waals surface area contributed by atoms with E-state index in [0.717, 1.165) is 5.65 Å². The van der Waals surface area contributed by atoms with Crippen LogP contribution in [0.4, 0.5) is 0 Å². The molecule has 0 atom stereocenters. The molecule has 2 aromatic heterocycles. The molecule has 0 aliphatic rings. The summed E-state index contributed by atoms with van der Waals surface area (Å²) in [6, 6.07) is 1.69. The van der Waals surface area contributed by atoms with Gasteiger partial charge < -0.3 is 9.67 Å². The van der Waals surface area contributed by atoms with Crippen LogP contribution in [0.5, 0.6) is 0 Å². The number of fused-ring (bicyclic) bond motifs is 1. The predicted octanol–water partition coefficient (Wildman–Crippen LogP) is 1.05. The van der Waals surface area contributed by atoms with Gasteiger partial charge in [-0.25, -0.2) is 9.48 Å². The summed E-state index contributed by atoms with van der Waals surface area (Å²) in [5.74, 6) is -0.953. The third-order valence-electron chi connectivity index (χ3n) is 2.36. The van der Waals surface area contributed by atoms with E-state index in [-0.39, 0.29) is 11.7 Å². The summed E-state index contributed by atoms with van der Waals surface area (Å²) in [5.41, 5.74) is 1.58. The molecule has 80 valence electrons. The van der Waals surface area contributed by atoms with Gasteiger partial charge in [0, 0.05) is 13.1 Å². The van der Waals surface area contributed by atoms with Crippen LogP contribution in [-0.4, -0.2) is 30.6 Å². The minimum Gasteiger partial charge on any atom is -0.477 e. The predicted molar refractivity (Wildman–Crippen MR) is 53.8 cm³/mol. The molecule has 0 aliphatic carbocycles. The first-order valence-corrected chi connectivity index (χ1v) is 4.66. The van der Waals surface area contributed by atoms with Gasteiger partial charge in [0.05, 0.1) is 6.04 Å². The van der Waals surface area contributed by atoms with E-state index in [1.165, 1.54) is 6.07 Å². The van der Waals surface area contributed by atoms with Gasteiger partial charge in [-0.1, -0.05) is 5.21 Å². The van der Waals surface area contributed by atoms with Crippen molar-refractivity contribution in [1.29, 1.82) is 0 Å². The second-order valence-electron chi connectivity index (χ2n) is 3.73. The first kappa shape index (κ1) is 9.70. The maximum Gasteiger partial charge on any atom is 0.352 e. The number of carboxylic acids is 1. The monoisotopic (exact) mass is 208 g/mol. The van der Waals surface area contributed by atoms with E-state index in [9.17, 15) is 4.79 Å². The SMILES string of the molecule is CC(C)n1nnc2cc(C(=O)O)n(C)c21. The molecule has 2 aromatic rings. The second-order valence-corrected chi connectivity index (χ2v) is 3.73. The van der Waals surface area contributed by atoms with Crippen LogP contribution in [0.2, 0.25) is 0 Å². The van der Waals surface area contributed by atoms with Crippen LogP contribution < -0.4 is 0 Å². The van der Waals surface area contributed by atoms with Crippen molar-refractivity contribution in [3.05, 3.63) is 11.8 Å². The Bertz CT molecular complexity index is 523. The van der Waals surface area contributed by atoms with Crippen LogP contribution in [0.1, 0.15) is 30.4 Å². The summed E-state index contributed by atoms with van der Waals surface area (Å²) in [6.07, 6.45) is 0. The molecule has 1 N–H and O–H groups in total. The summed E-state index contributed by atoms with van der Waals surface area (Å²) in [5, 5.41) is 16.8. The van der Waals surface area contributed by atoms with Crippen LogP contribution in [-0.2, 0) is 7.05 Å². The zero-order chi connectivity index (χ0) is 11.2. The van der Waals surface area contributed by atoms with E-state index in [2.05, 4.69) is 10.3 Å². The molecular formula is C9H12N4O2. The molecule has 0 unspecified atom stereocenters. The van der Waals surface area contributed by atoms with Gasteiger partial charge in [-0.15, -0.1) is 5.10 Å². The summed E-state index contributed by atoms with van der Waals surface area (Å²) < 4.78 is 3.30. The third-order valence-corrected chi connectivity index (χ3v) is 2.36. The summed E-state index contributed by atoms with van der Waals surface area (Å²) in [7, 11) is 1.70. The van der Waals surface area contributed by atoms with Crippen LogP contribution in [0.3, 0.4) is 0 Å². The molecule has 0 amide bonds. The lowest BCUT2D eigenvalue weighted by atomic mass is 10.4. The van der Waals surface area contributed by atoms with Crippen LogP contribution in [0.15, 0.2) is 6.07 Å². The molecule has 0 radical (unpaired) electrons. The fraction of sp³-hybridized carbons (Fsp3) is 0.444. The highest BCUT2D eigenvalue weighted by atomic mass is 16.4. The number of aryl methyl sites for hydroxylation is 1. The van der Waals surface area contributed by atoms with E-state index in [4.69, 9.17) is 5.11 Å². The molecule has 0 saturated carbocycles. The molecule has 0 aromatic carbocycles. The van der Waals surface area contributed by atoms with Crippen molar-refractivity contribution in [2.75, 3.05) is 0 Å². The highest BCUT2D eigenvalue weighted by molar-refractivity contribution is 5.92. The third kappa shape index (κ3) is 1.29. The zero-order valence-corrected chi connectivity index (χ0v) is 8.80. The average Bonchev–Trinajstić information content (AvgIpc) is 2.66. The van der Waals surface area contributed by atoms with E-state index in [1.54, 1.807) is 16.3 Å². The molecule has 2 rings (SSSR count). The van der Waals surface area contributed by atoms with E-state index < -0.39 is 5.97 Å². The smallest absolute Gasteiger partial charge is 0.352 e. The van der Waals surface area contributed by atoms with E-state index in [1.807, 2.05) is 13.8 Å². The van der Waals surface area contributed by atoms with Crippen LogP contribution in [0.25, 0.3) is 11.2 Å². The normalized spacial score (nSPS) is 11.5. The Kier molecular flexibility index (Phi) is 1.99. The second kappa shape index (κ2) is 3.08. The fourth-order valence-electron chi connectivity index (χ4n) is 1.61. The number of aromatic nitrogens is 4. The maximum atomic E-state index is 10.9. The van der Waals surface area contributed by atoms with Crippen molar-refractivity contribution in [2.24, 2.45) is 7.05 Å². The van der Waals surface area contributed by atoms with Gasteiger partial charge >= 0.3 is 5.97 Å². The Hall–Kier alpha value is -1.85. The van der Waals surface area contributed by atoms with Gasteiger partial charge in [0.2, 0.25) is 0 Å². The lowest BCUT2D eigenvalue weighted by Gasteiger charge is -2.06. The first-order valence-electron chi connectivity index (χ1n) is 4.66. The Morgan fingerprint density at radius 1 is 1.53 bits per heavy atom. The van der Waals surface area contributed by atoms with Gasteiger partial charge in [-0.05, 0) is 13.8 Å². The highest BCUT2D eigenvalue weighted by Gasteiger charge is 2.17. The summed E-state index contributed by atoms with van der Waals surface area (Å²) in [6.45, 7) is 3.95. The lowest BCUT2D eigenvalue weighted by molar-refractivity contribution is 0.0687. The lowest BCUT2D eigenvalue weighted by Crippen LogP contribution is -2.10. The van der Waals surface area contributed by atoms with Crippen molar-refractivity contribution in [1.82, 2.24) is 19.6 Å². The van der Waals surface area contributed by atoms with Crippen LogP contribution >= 0.6 is 0 Å². The Morgan fingerprint density at radius 3 is 2.73 bits per heavy atom. The summed E-state index contributed by atoms with van der Waals surface area (Å²) >= 11 is 0. The molecule has 15 heavy (non-hydrogen) atoms.